The first-order valence-electron chi connectivity index (χ1n) is 12.9. The van der Waals surface area contributed by atoms with E-state index < -0.39 is 17.6 Å². The maximum atomic E-state index is 12.4. The fraction of sp³-hybridized carbons (Fsp3) is 0.741. The third kappa shape index (κ3) is 3.53. The fourth-order valence-corrected chi connectivity index (χ4v) is 8.07. The number of hydrogen-bond donors (Lipinski definition) is 2. The zero-order chi connectivity index (χ0) is 24.3. The summed E-state index contributed by atoms with van der Waals surface area (Å²) >= 11 is 0. The van der Waals surface area contributed by atoms with Crippen LogP contribution >= 0.6 is 0 Å². The van der Waals surface area contributed by atoms with Crippen LogP contribution in [0.25, 0.3) is 0 Å². The van der Waals surface area contributed by atoms with Crippen molar-refractivity contribution in [2.75, 3.05) is 13.2 Å². The van der Waals surface area contributed by atoms with E-state index in [4.69, 9.17) is 4.84 Å². The number of carboxylic acids is 1. The van der Waals surface area contributed by atoms with Crippen molar-refractivity contribution in [2.24, 2.45) is 33.7 Å². The topological polar surface area (TPSA) is 99.4 Å². The van der Waals surface area contributed by atoms with Gasteiger partial charge in [-0.15, -0.1) is 0 Å². The molecule has 0 bridgehead atoms. The summed E-state index contributed by atoms with van der Waals surface area (Å²) in [6, 6.07) is -0.753. The number of amides is 1. The number of carboxylic acid groups (broad SMARTS) is 1. The van der Waals surface area contributed by atoms with Crippen LogP contribution in [0.1, 0.15) is 72.1 Å². The second-order valence-electron chi connectivity index (χ2n) is 11.8. The molecule has 7 nitrogen and oxygen atoms in total. The number of hydrogen-bond acceptors (Lipinski definition) is 5. The monoisotopic (exact) mass is 470 g/mol. The van der Waals surface area contributed by atoms with Crippen LogP contribution in [0.5, 0.6) is 0 Å². The highest BCUT2D eigenvalue weighted by Crippen LogP contribution is 2.66. The molecule has 4 fully saturated rings. The van der Waals surface area contributed by atoms with Crippen molar-refractivity contribution in [3.8, 4) is 0 Å². The molecule has 0 spiro atoms. The van der Waals surface area contributed by atoms with Gasteiger partial charge < -0.3 is 20.0 Å². The Bertz CT molecular complexity index is 968. The van der Waals surface area contributed by atoms with E-state index in [2.05, 4.69) is 31.2 Å². The van der Waals surface area contributed by atoms with Crippen LogP contribution in [0.2, 0.25) is 0 Å². The molecule has 1 amide bonds. The van der Waals surface area contributed by atoms with Crippen LogP contribution in [0.15, 0.2) is 29.0 Å². The van der Waals surface area contributed by atoms with Crippen LogP contribution < -0.4 is 0 Å². The molecule has 0 aromatic rings. The van der Waals surface area contributed by atoms with Gasteiger partial charge in [0, 0.05) is 12.0 Å². The molecule has 34 heavy (non-hydrogen) atoms. The molecule has 5 rings (SSSR count). The molecule has 0 radical (unpaired) electrons. The van der Waals surface area contributed by atoms with Crippen LogP contribution in [0.3, 0.4) is 0 Å². The number of oxime groups is 1. The molecule has 1 heterocycles. The van der Waals surface area contributed by atoms with Crippen molar-refractivity contribution < 1.29 is 24.6 Å². The number of likely N-dealkylation sites (tertiary alicyclic amines) is 1. The third-order valence-corrected chi connectivity index (χ3v) is 10.3. The summed E-state index contributed by atoms with van der Waals surface area (Å²) in [4.78, 5) is 30.5. The molecule has 7 atom stereocenters. The first-order chi connectivity index (χ1) is 16.1. The lowest BCUT2D eigenvalue weighted by molar-refractivity contribution is -0.150. The first kappa shape index (κ1) is 23.6. The second kappa shape index (κ2) is 8.21. The Morgan fingerprint density at radius 1 is 1.15 bits per heavy atom. The summed E-state index contributed by atoms with van der Waals surface area (Å²) in [5, 5.41) is 24.6. The quantitative estimate of drug-likeness (QED) is 0.607. The molecule has 0 unspecified atom stereocenters. The average molecular weight is 471 g/mol. The Morgan fingerprint density at radius 3 is 2.68 bits per heavy atom. The fourth-order valence-electron chi connectivity index (χ4n) is 8.07. The van der Waals surface area contributed by atoms with Crippen molar-refractivity contribution in [3.05, 3.63) is 23.8 Å². The van der Waals surface area contributed by atoms with Gasteiger partial charge in [0.1, 0.15) is 11.8 Å². The van der Waals surface area contributed by atoms with Gasteiger partial charge in [0.05, 0.1) is 5.60 Å². The Kier molecular flexibility index (Phi) is 5.70. The standard InChI is InChI=1S/C27H38N2O5/c1-25-11-8-18(28-34-16-23(30)29-14-4-5-22(29)24(31)32)15-17(25)6-7-19-20(25)9-12-26(2)21(19)10-13-27(26,3)33/h8,11,15,19-22,33H,4-7,9-10,12-14,16H2,1-3H3,(H,31,32)/b28-18-/t19-,20+,21+,22+,25+,26+,27+/m1/s1. The minimum Gasteiger partial charge on any atom is -0.480 e. The third-order valence-electron chi connectivity index (χ3n) is 10.3. The van der Waals surface area contributed by atoms with E-state index >= 15 is 0 Å². The van der Waals surface area contributed by atoms with E-state index in [1.807, 2.05) is 13.0 Å². The number of carbonyl (C=O) groups is 2. The summed E-state index contributed by atoms with van der Waals surface area (Å²) in [6.07, 6.45) is 14.0. The smallest absolute Gasteiger partial charge is 0.326 e. The molecule has 3 saturated carbocycles. The zero-order valence-corrected chi connectivity index (χ0v) is 20.6. The number of aliphatic hydroxyl groups is 1. The Morgan fingerprint density at radius 2 is 1.91 bits per heavy atom. The maximum absolute atomic E-state index is 12.4. The van der Waals surface area contributed by atoms with Gasteiger partial charge in [0.25, 0.3) is 5.91 Å². The summed E-state index contributed by atoms with van der Waals surface area (Å²) in [6.45, 7) is 6.92. The van der Waals surface area contributed by atoms with Crippen molar-refractivity contribution in [1.29, 1.82) is 0 Å². The van der Waals surface area contributed by atoms with Gasteiger partial charge in [-0.3, -0.25) is 4.79 Å². The number of aliphatic carboxylic acids is 1. The minimum atomic E-state index is -0.962. The SMILES string of the molecule is C[C@]12C=C/C(=N/OCC(=O)N3CCC[C@H]3C(=O)O)C=C1CC[C@@H]1[C@@H]2CC[C@@]2(C)[C@H]1CC[C@]2(C)O. The van der Waals surface area contributed by atoms with Gasteiger partial charge in [-0.2, -0.15) is 0 Å². The number of fused-ring (bicyclic) bond motifs is 5. The van der Waals surface area contributed by atoms with E-state index in [1.165, 1.54) is 10.5 Å². The van der Waals surface area contributed by atoms with Crippen LogP contribution in [0, 0.1) is 28.6 Å². The van der Waals surface area contributed by atoms with Gasteiger partial charge in [-0.05, 0) is 93.6 Å². The molecule has 186 valence electrons. The largest absolute Gasteiger partial charge is 0.480 e. The molecule has 1 aliphatic heterocycles. The molecule has 0 aromatic carbocycles. The number of rotatable bonds is 4. The van der Waals surface area contributed by atoms with Gasteiger partial charge in [0.15, 0.2) is 6.61 Å². The highest BCUT2D eigenvalue weighted by atomic mass is 16.6. The van der Waals surface area contributed by atoms with E-state index in [0.717, 1.165) is 38.5 Å². The molecular formula is C27H38N2O5. The number of nitrogens with zero attached hydrogens (tertiary/aromatic N) is 2. The Balaban J connectivity index is 1.25. The van der Waals surface area contributed by atoms with Crippen molar-refractivity contribution in [3.63, 3.8) is 0 Å². The summed E-state index contributed by atoms with van der Waals surface area (Å²) in [5.74, 6) is 0.496. The first-order valence-corrected chi connectivity index (χ1v) is 12.9. The summed E-state index contributed by atoms with van der Waals surface area (Å²) in [7, 11) is 0. The lowest BCUT2D eigenvalue weighted by atomic mass is 9.47. The van der Waals surface area contributed by atoms with Crippen LogP contribution in [-0.4, -0.2) is 57.5 Å². The molecule has 7 heteroatoms. The van der Waals surface area contributed by atoms with Crippen molar-refractivity contribution in [2.45, 2.75) is 83.8 Å². The summed E-state index contributed by atoms with van der Waals surface area (Å²) < 4.78 is 0. The average Bonchev–Trinajstić information content (AvgIpc) is 3.37. The zero-order valence-electron chi connectivity index (χ0n) is 20.6. The normalized spacial score (nSPS) is 44.3. The lowest BCUT2D eigenvalue weighted by Gasteiger charge is -2.58. The van der Waals surface area contributed by atoms with E-state index in [-0.39, 0.29) is 23.3 Å². The molecule has 2 N–H and O–H groups in total. The minimum absolute atomic E-state index is 0.00219. The van der Waals surface area contributed by atoms with E-state index in [9.17, 15) is 19.8 Å². The predicted molar refractivity (Wildman–Crippen MR) is 128 cm³/mol. The number of carbonyl (C=O) groups excluding carboxylic acids is 1. The Labute approximate surface area is 201 Å². The van der Waals surface area contributed by atoms with Gasteiger partial charge in [-0.25, -0.2) is 4.79 Å². The van der Waals surface area contributed by atoms with Gasteiger partial charge >= 0.3 is 5.97 Å². The highest BCUT2D eigenvalue weighted by molar-refractivity contribution is 6.05. The second-order valence-corrected chi connectivity index (χ2v) is 11.8. The number of allylic oxidation sites excluding steroid dienone is 4. The lowest BCUT2D eigenvalue weighted by Crippen LogP contribution is -2.53. The summed E-state index contributed by atoms with van der Waals surface area (Å²) in [5.41, 5.74) is 1.54. The molecular weight excluding hydrogens is 432 g/mol. The predicted octanol–water partition coefficient (Wildman–Crippen LogP) is 3.92. The molecule has 1 saturated heterocycles. The van der Waals surface area contributed by atoms with Gasteiger partial charge in [0.2, 0.25) is 0 Å². The van der Waals surface area contributed by atoms with Crippen LogP contribution in [-0.2, 0) is 14.4 Å². The van der Waals surface area contributed by atoms with Crippen LogP contribution in [0.4, 0.5) is 0 Å². The molecule has 4 aliphatic carbocycles. The van der Waals surface area contributed by atoms with E-state index in [1.54, 1.807) is 0 Å². The van der Waals surface area contributed by atoms with Crippen molar-refractivity contribution >= 4 is 17.6 Å². The maximum Gasteiger partial charge on any atom is 0.326 e. The van der Waals surface area contributed by atoms with E-state index in [0.29, 0.717) is 42.9 Å². The van der Waals surface area contributed by atoms with Crippen molar-refractivity contribution in [1.82, 2.24) is 4.90 Å². The Hall–Kier alpha value is -2.15. The highest BCUT2D eigenvalue weighted by Gasteiger charge is 2.62. The molecule has 5 aliphatic rings. The molecule has 0 aromatic heterocycles. The van der Waals surface area contributed by atoms with Gasteiger partial charge in [-0.1, -0.05) is 30.7 Å².